The quantitative estimate of drug-likeness (QED) is 0.736. The molecule has 0 radical (unpaired) electrons. The summed E-state index contributed by atoms with van der Waals surface area (Å²) in [6.07, 6.45) is -0.0573. The monoisotopic (exact) mass is 272 g/mol. The minimum absolute atomic E-state index is 0.00345. The maximum atomic E-state index is 12.3. The lowest BCUT2D eigenvalue weighted by molar-refractivity contribution is -0.138. The van der Waals surface area contributed by atoms with Crippen LogP contribution in [-0.4, -0.2) is 26.5 Å². The Hall–Kier alpha value is -1.05. The van der Waals surface area contributed by atoms with Crippen LogP contribution < -0.4 is 0 Å². The molecule has 98 valence electrons. The van der Waals surface area contributed by atoms with Crippen molar-refractivity contribution in [2.24, 2.45) is 0 Å². The van der Waals surface area contributed by atoms with E-state index in [2.05, 4.69) is 4.74 Å². The van der Waals surface area contributed by atoms with Crippen LogP contribution >= 0.6 is 0 Å². The highest BCUT2D eigenvalue weighted by Gasteiger charge is 2.50. The fraction of sp³-hybridized carbons (Fsp3) is 0.667. The average Bonchev–Trinajstić information content (AvgIpc) is 2.64. The summed E-state index contributed by atoms with van der Waals surface area (Å²) >= 11 is 0. The molecule has 17 heavy (non-hydrogen) atoms. The normalized spacial score (nSPS) is 17.4. The molecule has 0 saturated heterocycles. The van der Waals surface area contributed by atoms with Crippen molar-refractivity contribution in [1.29, 1.82) is 0 Å². The molecule has 0 N–H and O–H groups in total. The van der Waals surface area contributed by atoms with Gasteiger partial charge in [-0.25, -0.2) is 13.2 Å². The van der Waals surface area contributed by atoms with Gasteiger partial charge in [0.05, 0.1) is 17.1 Å². The summed E-state index contributed by atoms with van der Waals surface area (Å²) in [4.78, 5) is 10.5. The van der Waals surface area contributed by atoms with Gasteiger partial charge in [0.15, 0.2) is 0 Å². The standard InChI is InChI=1S/C9H11F3O4S/c1-2-16-8(13)6-4-3-5-7(6)17(14,15)9(10,11)12/h2-5H2,1H3. The maximum absolute atomic E-state index is 12.3. The Morgan fingerprint density at radius 1 is 1.35 bits per heavy atom. The van der Waals surface area contributed by atoms with Gasteiger partial charge in [0.2, 0.25) is 0 Å². The molecule has 1 aliphatic rings. The second-order valence-electron chi connectivity index (χ2n) is 3.42. The van der Waals surface area contributed by atoms with Crippen molar-refractivity contribution in [1.82, 2.24) is 0 Å². The zero-order valence-corrected chi connectivity index (χ0v) is 9.82. The summed E-state index contributed by atoms with van der Waals surface area (Å²) in [5.41, 5.74) is -5.74. The first kappa shape index (κ1) is 14.0. The fourth-order valence-corrected chi connectivity index (χ4v) is 2.79. The first-order chi connectivity index (χ1) is 7.71. The molecular formula is C9H11F3O4S. The molecule has 0 saturated carbocycles. The van der Waals surface area contributed by atoms with Gasteiger partial charge in [0.1, 0.15) is 0 Å². The number of esters is 1. The molecule has 0 aromatic rings. The molecule has 1 rings (SSSR count). The summed E-state index contributed by atoms with van der Waals surface area (Å²) in [6, 6.07) is 0. The van der Waals surface area contributed by atoms with Gasteiger partial charge in [-0.2, -0.15) is 13.2 Å². The third-order valence-corrected chi connectivity index (χ3v) is 4.03. The van der Waals surface area contributed by atoms with Gasteiger partial charge in [0, 0.05) is 0 Å². The van der Waals surface area contributed by atoms with Crippen molar-refractivity contribution in [2.75, 3.05) is 6.61 Å². The number of alkyl halides is 3. The number of carbonyl (C=O) groups excluding carboxylic acids is 1. The van der Waals surface area contributed by atoms with Gasteiger partial charge >= 0.3 is 11.5 Å². The second-order valence-corrected chi connectivity index (χ2v) is 5.39. The molecule has 0 bridgehead atoms. The van der Waals surface area contributed by atoms with Gasteiger partial charge in [-0.1, -0.05) is 0 Å². The van der Waals surface area contributed by atoms with Crippen molar-refractivity contribution in [3.8, 4) is 0 Å². The first-order valence-corrected chi connectivity index (χ1v) is 6.40. The molecule has 0 unspecified atom stereocenters. The molecule has 0 aromatic heterocycles. The molecular weight excluding hydrogens is 261 g/mol. The van der Waals surface area contributed by atoms with E-state index in [1.54, 1.807) is 0 Å². The van der Waals surface area contributed by atoms with Crippen LogP contribution in [0.3, 0.4) is 0 Å². The van der Waals surface area contributed by atoms with Crippen LogP contribution in [0.5, 0.6) is 0 Å². The van der Waals surface area contributed by atoms with Crippen LogP contribution in [0.1, 0.15) is 26.2 Å². The number of hydrogen-bond donors (Lipinski definition) is 0. The number of sulfone groups is 1. The SMILES string of the molecule is CCOC(=O)C1=C(S(=O)(=O)C(F)(F)F)CCC1. The largest absolute Gasteiger partial charge is 0.501 e. The minimum Gasteiger partial charge on any atom is -0.463 e. The van der Waals surface area contributed by atoms with Crippen LogP contribution in [0.25, 0.3) is 0 Å². The van der Waals surface area contributed by atoms with Crippen molar-refractivity contribution < 1.29 is 31.1 Å². The van der Waals surface area contributed by atoms with Gasteiger partial charge in [-0.05, 0) is 26.2 Å². The van der Waals surface area contributed by atoms with Gasteiger partial charge in [-0.3, -0.25) is 0 Å². The number of ether oxygens (including phenoxy) is 1. The Balaban J connectivity index is 3.19. The van der Waals surface area contributed by atoms with Gasteiger partial charge in [0.25, 0.3) is 9.84 Å². The van der Waals surface area contributed by atoms with Gasteiger partial charge in [-0.15, -0.1) is 0 Å². The molecule has 0 aromatic carbocycles. The maximum Gasteiger partial charge on any atom is 0.501 e. The Morgan fingerprint density at radius 2 is 1.94 bits per heavy atom. The van der Waals surface area contributed by atoms with E-state index in [1.807, 2.05) is 0 Å². The predicted octanol–water partition coefficient (Wildman–Crippen LogP) is 1.92. The van der Waals surface area contributed by atoms with Crippen LogP contribution in [0, 0.1) is 0 Å². The van der Waals surface area contributed by atoms with Crippen LogP contribution in [0.2, 0.25) is 0 Å². The summed E-state index contributed by atoms with van der Waals surface area (Å²) < 4.78 is 63.9. The average molecular weight is 272 g/mol. The zero-order chi connectivity index (χ0) is 13.3. The number of hydrogen-bond acceptors (Lipinski definition) is 4. The van der Waals surface area contributed by atoms with Crippen molar-refractivity contribution in [3.05, 3.63) is 10.5 Å². The van der Waals surface area contributed by atoms with Gasteiger partial charge < -0.3 is 4.74 Å². The highest BCUT2D eigenvalue weighted by atomic mass is 32.2. The lowest BCUT2D eigenvalue weighted by Crippen LogP contribution is -2.25. The summed E-state index contributed by atoms with van der Waals surface area (Å²) in [6.45, 7) is 1.48. The Kier molecular flexibility index (Phi) is 3.85. The lowest BCUT2D eigenvalue weighted by Gasteiger charge is -2.10. The Morgan fingerprint density at radius 3 is 2.41 bits per heavy atom. The smallest absolute Gasteiger partial charge is 0.463 e. The molecule has 0 fully saturated rings. The predicted molar refractivity (Wildman–Crippen MR) is 52.5 cm³/mol. The van der Waals surface area contributed by atoms with Crippen LogP contribution in [0.15, 0.2) is 10.5 Å². The zero-order valence-electron chi connectivity index (χ0n) is 9.00. The van der Waals surface area contributed by atoms with Crippen LogP contribution in [-0.2, 0) is 19.4 Å². The molecule has 4 nitrogen and oxygen atoms in total. The number of rotatable bonds is 3. The van der Waals surface area contributed by atoms with E-state index in [0.717, 1.165) is 0 Å². The van der Waals surface area contributed by atoms with E-state index in [0.29, 0.717) is 0 Å². The molecule has 0 spiro atoms. The van der Waals surface area contributed by atoms with E-state index >= 15 is 0 Å². The van der Waals surface area contributed by atoms with E-state index in [9.17, 15) is 26.4 Å². The molecule has 8 heteroatoms. The summed E-state index contributed by atoms with van der Waals surface area (Å²) in [7, 11) is -5.41. The highest BCUT2D eigenvalue weighted by Crippen LogP contribution is 2.38. The third-order valence-electron chi connectivity index (χ3n) is 2.32. The summed E-state index contributed by atoms with van der Waals surface area (Å²) in [5, 5.41) is 0. The second kappa shape index (κ2) is 4.67. The first-order valence-electron chi connectivity index (χ1n) is 4.92. The fourth-order valence-electron chi connectivity index (χ4n) is 1.59. The molecule has 1 aliphatic carbocycles. The lowest BCUT2D eigenvalue weighted by atomic mass is 10.2. The Bertz CT molecular complexity index is 447. The molecule has 0 amide bonds. The van der Waals surface area contributed by atoms with E-state index in [4.69, 9.17) is 0 Å². The third kappa shape index (κ3) is 2.62. The summed E-state index contributed by atoms with van der Waals surface area (Å²) in [5.74, 6) is -0.979. The number of carbonyl (C=O) groups is 1. The Labute approximate surface area is 96.4 Å². The van der Waals surface area contributed by atoms with E-state index < -0.39 is 26.2 Å². The van der Waals surface area contributed by atoms with Crippen molar-refractivity contribution in [2.45, 2.75) is 31.7 Å². The van der Waals surface area contributed by atoms with E-state index in [1.165, 1.54) is 6.92 Å². The molecule has 0 atom stereocenters. The highest BCUT2D eigenvalue weighted by molar-refractivity contribution is 7.96. The van der Waals surface area contributed by atoms with Crippen molar-refractivity contribution >= 4 is 15.8 Å². The van der Waals surface area contributed by atoms with Crippen molar-refractivity contribution in [3.63, 3.8) is 0 Å². The minimum atomic E-state index is -5.41. The van der Waals surface area contributed by atoms with E-state index in [-0.39, 0.29) is 31.4 Å². The number of allylic oxidation sites excluding steroid dienone is 1. The molecule has 0 heterocycles. The topological polar surface area (TPSA) is 60.4 Å². The van der Waals surface area contributed by atoms with Crippen LogP contribution in [0.4, 0.5) is 13.2 Å². The number of halogens is 3. The molecule has 0 aliphatic heterocycles.